The van der Waals surface area contributed by atoms with E-state index >= 15 is 0 Å². The summed E-state index contributed by atoms with van der Waals surface area (Å²) in [7, 11) is 0. The third kappa shape index (κ3) is 3.87. The lowest BCUT2D eigenvalue weighted by atomic mass is 10.2. The average Bonchev–Trinajstić information content (AvgIpc) is 3.55. The largest absolute Gasteiger partial charge is 0.486 e. The molecule has 4 heterocycles. The zero-order valence-corrected chi connectivity index (χ0v) is 17.1. The van der Waals surface area contributed by atoms with E-state index in [-0.39, 0.29) is 0 Å². The van der Waals surface area contributed by atoms with Crippen LogP contribution in [0.2, 0.25) is 0 Å². The van der Waals surface area contributed by atoms with E-state index < -0.39 is 0 Å². The number of pyridine rings is 1. The van der Waals surface area contributed by atoms with E-state index in [2.05, 4.69) is 36.0 Å². The molecule has 148 valence electrons. The number of benzene rings is 1. The first kappa shape index (κ1) is 18.3. The van der Waals surface area contributed by atoms with Gasteiger partial charge in [-0.05, 0) is 48.5 Å². The van der Waals surface area contributed by atoms with E-state index in [0.29, 0.717) is 29.8 Å². The van der Waals surface area contributed by atoms with Crippen LogP contribution in [0.4, 0.5) is 0 Å². The Balaban J connectivity index is 1.28. The Morgan fingerprint density at radius 3 is 2.70 bits per heavy atom. The molecule has 0 atom stereocenters. The number of halogens is 1. The molecule has 30 heavy (non-hydrogen) atoms. The summed E-state index contributed by atoms with van der Waals surface area (Å²) in [6.07, 6.45) is 6.89. The van der Waals surface area contributed by atoms with E-state index in [1.165, 1.54) is 0 Å². The minimum absolute atomic E-state index is 0.290. The predicted octanol–water partition coefficient (Wildman–Crippen LogP) is 4.92. The van der Waals surface area contributed by atoms with Gasteiger partial charge in [0.1, 0.15) is 30.3 Å². The van der Waals surface area contributed by atoms with Gasteiger partial charge in [0.05, 0.1) is 0 Å². The van der Waals surface area contributed by atoms with Gasteiger partial charge in [-0.3, -0.25) is 4.57 Å². The highest BCUT2D eigenvalue weighted by atomic mass is 79.9. The smallest absolute Gasteiger partial charge is 0.293 e. The highest BCUT2D eigenvalue weighted by Gasteiger charge is 2.15. The van der Waals surface area contributed by atoms with Gasteiger partial charge in [0.2, 0.25) is 5.82 Å². The second kappa shape index (κ2) is 7.96. The quantitative estimate of drug-likeness (QED) is 0.352. The van der Waals surface area contributed by atoms with Crippen molar-refractivity contribution >= 4 is 15.9 Å². The molecular weight excluding hydrogens is 450 g/mol. The molecule has 0 saturated heterocycles. The lowest BCUT2D eigenvalue weighted by Crippen LogP contribution is -1.94. The number of imidazole rings is 1. The predicted molar refractivity (Wildman–Crippen MR) is 111 cm³/mol. The second-order valence-electron chi connectivity index (χ2n) is 6.31. The Morgan fingerprint density at radius 2 is 1.93 bits per heavy atom. The van der Waals surface area contributed by atoms with Crippen LogP contribution in [0.15, 0.2) is 86.9 Å². The van der Waals surface area contributed by atoms with Gasteiger partial charge < -0.3 is 13.7 Å². The number of rotatable bonds is 6. The van der Waals surface area contributed by atoms with Crippen molar-refractivity contribution in [1.82, 2.24) is 24.7 Å². The molecular formula is C21H14BrN5O3. The third-order valence-electron chi connectivity index (χ3n) is 4.27. The fourth-order valence-corrected chi connectivity index (χ4v) is 3.03. The molecule has 0 bridgehead atoms. The minimum atomic E-state index is 0.290. The zero-order valence-electron chi connectivity index (χ0n) is 15.5. The molecule has 0 unspecified atom stereocenters. The second-order valence-corrected chi connectivity index (χ2v) is 7.22. The van der Waals surface area contributed by atoms with Gasteiger partial charge in [0.25, 0.3) is 5.89 Å². The molecule has 4 aromatic heterocycles. The maximum Gasteiger partial charge on any atom is 0.293 e. The van der Waals surface area contributed by atoms with Crippen LogP contribution in [0.1, 0.15) is 5.76 Å². The lowest BCUT2D eigenvalue weighted by Gasteiger charge is -2.03. The Labute approximate surface area is 179 Å². The standard InChI is InChI=1S/C21H14BrN5O3/c22-15-2-4-16(5-3-15)28-12-17-6-7-18(29-17)21-25-20(26-30-21)14-1-8-19(24-11-14)27-10-9-23-13-27/h1-11,13H,12H2. The van der Waals surface area contributed by atoms with Crippen LogP contribution in [0.5, 0.6) is 5.75 Å². The minimum Gasteiger partial charge on any atom is -0.486 e. The third-order valence-corrected chi connectivity index (χ3v) is 4.80. The number of hydrogen-bond acceptors (Lipinski definition) is 7. The average molecular weight is 464 g/mol. The van der Waals surface area contributed by atoms with Crippen molar-refractivity contribution in [2.24, 2.45) is 0 Å². The Hall–Kier alpha value is -3.72. The molecule has 0 aliphatic carbocycles. The molecule has 0 aliphatic rings. The van der Waals surface area contributed by atoms with Gasteiger partial charge in [-0.15, -0.1) is 0 Å². The van der Waals surface area contributed by atoms with Gasteiger partial charge >= 0.3 is 0 Å². The van der Waals surface area contributed by atoms with E-state index in [9.17, 15) is 0 Å². The fraction of sp³-hybridized carbons (Fsp3) is 0.0476. The summed E-state index contributed by atoms with van der Waals surface area (Å²) in [5.74, 6) is 3.35. The molecule has 9 heteroatoms. The van der Waals surface area contributed by atoms with Crippen molar-refractivity contribution in [3.63, 3.8) is 0 Å². The normalized spacial score (nSPS) is 11.0. The van der Waals surface area contributed by atoms with E-state index in [1.54, 1.807) is 24.8 Å². The van der Waals surface area contributed by atoms with Crippen LogP contribution in [-0.2, 0) is 6.61 Å². The number of furan rings is 1. The van der Waals surface area contributed by atoms with Crippen molar-refractivity contribution in [2.75, 3.05) is 0 Å². The molecule has 0 N–H and O–H groups in total. The monoisotopic (exact) mass is 463 g/mol. The molecule has 5 rings (SSSR count). The Kier molecular flexibility index (Phi) is 4.86. The summed E-state index contributed by atoms with van der Waals surface area (Å²) >= 11 is 3.40. The van der Waals surface area contributed by atoms with Crippen LogP contribution < -0.4 is 4.74 Å². The summed E-state index contributed by atoms with van der Waals surface area (Å²) < 4.78 is 19.7. The molecule has 0 aliphatic heterocycles. The van der Waals surface area contributed by atoms with Crippen molar-refractivity contribution < 1.29 is 13.7 Å². The number of nitrogens with zero attached hydrogens (tertiary/aromatic N) is 5. The highest BCUT2D eigenvalue weighted by molar-refractivity contribution is 9.10. The summed E-state index contributed by atoms with van der Waals surface area (Å²) in [5.41, 5.74) is 0.735. The molecule has 1 aromatic carbocycles. The number of aromatic nitrogens is 5. The van der Waals surface area contributed by atoms with Crippen LogP contribution in [0.3, 0.4) is 0 Å². The lowest BCUT2D eigenvalue weighted by molar-refractivity contribution is 0.270. The van der Waals surface area contributed by atoms with E-state index in [4.69, 9.17) is 13.7 Å². The molecule has 5 aromatic rings. The van der Waals surface area contributed by atoms with E-state index in [1.807, 2.05) is 53.2 Å². The SMILES string of the molecule is Brc1ccc(OCc2ccc(-c3nc(-c4ccc(-n5ccnc5)nc4)no3)o2)cc1. The van der Waals surface area contributed by atoms with Crippen LogP contribution in [0.25, 0.3) is 28.9 Å². The van der Waals surface area contributed by atoms with Gasteiger partial charge in [-0.2, -0.15) is 4.98 Å². The van der Waals surface area contributed by atoms with Crippen LogP contribution >= 0.6 is 15.9 Å². The first-order valence-electron chi connectivity index (χ1n) is 9.00. The summed E-state index contributed by atoms with van der Waals surface area (Å²) in [6.45, 7) is 0.294. The fourth-order valence-electron chi connectivity index (χ4n) is 2.76. The topological polar surface area (TPSA) is 92.0 Å². The van der Waals surface area contributed by atoms with Gasteiger partial charge in [-0.1, -0.05) is 21.1 Å². The number of ether oxygens (including phenoxy) is 1. The number of hydrogen-bond donors (Lipinski definition) is 0. The molecule has 8 nitrogen and oxygen atoms in total. The van der Waals surface area contributed by atoms with E-state index in [0.717, 1.165) is 21.6 Å². The highest BCUT2D eigenvalue weighted by Crippen LogP contribution is 2.25. The van der Waals surface area contributed by atoms with Gasteiger partial charge in [-0.25, -0.2) is 9.97 Å². The first-order valence-corrected chi connectivity index (χ1v) is 9.80. The Bertz CT molecular complexity index is 1240. The molecule has 0 amide bonds. The van der Waals surface area contributed by atoms with Crippen molar-refractivity contribution in [2.45, 2.75) is 6.61 Å². The van der Waals surface area contributed by atoms with Crippen molar-refractivity contribution in [3.05, 3.63) is 83.7 Å². The molecule has 0 radical (unpaired) electrons. The van der Waals surface area contributed by atoms with Crippen LogP contribution in [0, 0.1) is 0 Å². The maximum atomic E-state index is 5.78. The van der Waals surface area contributed by atoms with Crippen molar-refractivity contribution in [3.8, 4) is 34.6 Å². The summed E-state index contributed by atoms with van der Waals surface area (Å²) in [4.78, 5) is 12.8. The first-order chi connectivity index (χ1) is 14.7. The van der Waals surface area contributed by atoms with Crippen LogP contribution in [-0.4, -0.2) is 24.7 Å². The van der Waals surface area contributed by atoms with Gasteiger partial charge in [0.15, 0.2) is 5.76 Å². The maximum absolute atomic E-state index is 5.78. The molecule has 0 spiro atoms. The summed E-state index contributed by atoms with van der Waals surface area (Å²) in [5, 5.41) is 4.03. The van der Waals surface area contributed by atoms with Gasteiger partial charge in [0, 0.05) is 28.6 Å². The zero-order chi connectivity index (χ0) is 20.3. The molecule has 0 saturated carbocycles. The summed E-state index contributed by atoms with van der Waals surface area (Å²) in [6, 6.07) is 14.9. The Morgan fingerprint density at radius 1 is 1.03 bits per heavy atom. The molecule has 0 fully saturated rings. The van der Waals surface area contributed by atoms with Crippen molar-refractivity contribution in [1.29, 1.82) is 0 Å².